The number of amides is 7. The number of carbonyl (C=O) groups excluding carboxylic acids is 7. The number of hydrogen-bond donors (Lipinski definition) is 9. The van der Waals surface area contributed by atoms with E-state index in [2.05, 4.69) is 42.2 Å². The summed E-state index contributed by atoms with van der Waals surface area (Å²) in [7, 11) is 0. The lowest BCUT2D eigenvalue weighted by atomic mass is 9.90. The molecule has 3 fully saturated rings. The molecule has 0 aliphatic carbocycles. The molecule has 3 aliphatic rings. The number of aryl methyl sites for hydroxylation is 1. The van der Waals surface area contributed by atoms with Gasteiger partial charge in [0.1, 0.15) is 54.7 Å². The number of ether oxygens (including phenoxy) is 2. The van der Waals surface area contributed by atoms with E-state index in [0.717, 1.165) is 40.4 Å². The van der Waals surface area contributed by atoms with Gasteiger partial charge in [0.25, 0.3) is 0 Å². The Balaban J connectivity index is 1.10. The Morgan fingerprint density at radius 1 is 0.593 bits per heavy atom. The maximum absolute atomic E-state index is 15.4. The van der Waals surface area contributed by atoms with Gasteiger partial charge in [-0.1, -0.05) is 121 Å². The first-order chi connectivity index (χ1) is 39.5. The number of carbonyl (C=O) groups is 7. The second-order valence-electron chi connectivity index (χ2n) is 21.1. The van der Waals surface area contributed by atoms with Crippen LogP contribution in [0.4, 0.5) is 4.79 Å². The highest BCUT2D eigenvalue weighted by Gasteiger charge is 2.45. The third-order valence-electron chi connectivity index (χ3n) is 15.3. The Bertz CT molecular complexity index is 3080. The van der Waals surface area contributed by atoms with Crippen LogP contribution in [0.5, 0.6) is 5.75 Å². The molecule has 1 unspecified atom stereocenters. The van der Waals surface area contributed by atoms with Crippen molar-refractivity contribution in [1.29, 1.82) is 0 Å². The Morgan fingerprint density at radius 3 is 1.84 bits per heavy atom. The van der Waals surface area contributed by atoms with Crippen LogP contribution in [0.1, 0.15) is 59.9 Å². The van der Waals surface area contributed by atoms with Crippen LogP contribution in [-0.2, 0) is 65.8 Å². The highest BCUT2D eigenvalue weighted by molar-refractivity contribution is 5.99. The molecule has 9 rings (SSSR count). The van der Waals surface area contributed by atoms with E-state index in [1.807, 2.05) is 103 Å². The molecule has 6 aromatic rings. The highest BCUT2D eigenvalue weighted by Crippen LogP contribution is 2.26. The number of benzene rings is 5. The van der Waals surface area contributed by atoms with E-state index < -0.39 is 83.9 Å². The largest absolute Gasteiger partial charge is 0.489 e. The van der Waals surface area contributed by atoms with Crippen molar-refractivity contribution in [1.82, 2.24) is 47.1 Å². The Hall–Kier alpha value is -8.55. The minimum absolute atomic E-state index is 0.00232. The number of hydrogen-bond acceptors (Lipinski definition) is 11. The SMILES string of the molecule is NCCNC(=O)O[C@@H]1C[C@H]2C(=O)N[C@@H](CCc3ccccc3)C(=O)N[C@H](Cc3c[nH]c4ccccc34)C(=O)NC(CC3CCNCC3)C(=O)N[C@@H](Cc3ccc(OCc4ccccc4)cc3)C(=O)N[C@@H](Cc3ccccc3)C(=O)N2C1. The predicted octanol–water partition coefficient (Wildman–Crippen LogP) is 3.89. The van der Waals surface area contributed by atoms with E-state index in [-0.39, 0.29) is 64.1 Å². The fraction of sp³-hybridized carbons (Fsp3) is 0.371. The van der Waals surface area contributed by atoms with Gasteiger partial charge in [-0.2, -0.15) is 0 Å². The molecule has 0 bridgehead atoms. The highest BCUT2D eigenvalue weighted by atomic mass is 16.6. The predicted molar refractivity (Wildman–Crippen MR) is 305 cm³/mol. The second-order valence-corrected chi connectivity index (χ2v) is 21.1. The van der Waals surface area contributed by atoms with E-state index >= 15 is 28.8 Å². The third kappa shape index (κ3) is 15.9. The van der Waals surface area contributed by atoms with Gasteiger partial charge >= 0.3 is 6.09 Å². The normalized spacial score (nSPS) is 22.5. The molecule has 0 radical (unpaired) electrons. The minimum Gasteiger partial charge on any atom is -0.489 e. The number of para-hydroxylation sites is 1. The molecule has 10 N–H and O–H groups in total. The fourth-order valence-electron chi connectivity index (χ4n) is 10.9. The van der Waals surface area contributed by atoms with Gasteiger partial charge in [-0.15, -0.1) is 0 Å². The van der Waals surface area contributed by atoms with Gasteiger partial charge in [-0.05, 0) is 97.1 Å². The Kier molecular flexibility index (Phi) is 19.8. The van der Waals surface area contributed by atoms with Gasteiger partial charge in [0.15, 0.2) is 0 Å². The lowest BCUT2D eigenvalue weighted by molar-refractivity contribution is -0.143. The summed E-state index contributed by atoms with van der Waals surface area (Å²) in [4.78, 5) is 109. The molecule has 424 valence electrons. The average molecular weight is 1100 g/mol. The van der Waals surface area contributed by atoms with Crippen LogP contribution >= 0.6 is 0 Å². The average Bonchev–Trinajstić information content (AvgIpc) is 4.11. The quantitative estimate of drug-likeness (QED) is 0.0633. The Labute approximate surface area is 471 Å². The van der Waals surface area contributed by atoms with Crippen molar-refractivity contribution in [3.8, 4) is 5.75 Å². The Morgan fingerprint density at radius 2 is 1.15 bits per heavy atom. The first-order valence-electron chi connectivity index (χ1n) is 28.0. The number of fused-ring (bicyclic) bond motifs is 2. The van der Waals surface area contributed by atoms with Crippen molar-refractivity contribution in [3.63, 3.8) is 0 Å². The van der Waals surface area contributed by atoms with Crippen LogP contribution < -0.4 is 47.7 Å². The summed E-state index contributed by atoms with van der Waals surface area (Å²) in [5, 5.41) is 21.7. The number of rotatable bonds is 17. The summed E-state index contributed by atoms with van der Waals surface area (Å²) >= 11 is 0. The molecule has 0 saturated carbocycles. The van der Waals surface area contributed by atoms with Crippen LogP contribution in [0.2, 0.25) is 0 Å². The van der Waals surface area contributed by atoms with Crippen molar-refractivity contribution in [2.75, 3.05) is 32.7 Å². The minimum atomic E-state index is -1.32. The van der Waals surface area contributed by atoms with Crippen LogP contribution in [0.15, 0.2) is 146 Å². The molecule has 3 saturated heterocycles. The number of nitrogens with two attached hydrogens (primary N) is 1. The lowest BCUT2D eigenvalue weighted by Gasteiger charge is -2.32. The number of piperidine rings is 1. The summed E-state index contributed by atoms with van der Waals surface area (Å²) in [6.07, 6.45) is 1.88. The van der Waals surface area contributed by atoms with Crippen LogP contribution in [0.25, 0.3) is 10.9 Å². The van der Waals surface area contributed by atoms with Crippen molar-refractivity contribution in [3.05, 3.63) is 174 Å². The number of aromatic amines is 1. The second kappa shape index (κ2) is 28.0. The van der Waals surface area contributed by atoms with Crippen LogP contribution in [-0.4, -0.2) is 126 Å². The number of aromatic nitrogens is 1. The smallest absolute Gasteiger partial charge is 0.407 e. The van der Waals surface area contributed by atoms with Gasteiger partial charge in [0.2, 0.25) is 35.4 Å². The standard InChI is InChI=1S/C62H72N10O9/c63-28-31-65-62(79)81-47-36-55-60(77)67-50(25-22-40-12-4-1-5-13-40)56(73)70-53(35-45-37-66-49-19-11-10-18-48(45)49)59(76)69-52(33-43-26-29-64-30-27-43)57(74)68-51(32-42-20-23-46(24-21-42)80-39-44-16-8-3-9-17-44)58(75)71-54(61(78)72(55)38-47)34-41-14-6-2-7-15-41/h1-21,23-24,37,43,47,50-55,64,66H,22,25-36,38-39,63H2,(H,65,79)(H,67,77)(H,68,74)(H,69,76)(H,70,73)(H,71,75)/t47-,50+,51+,52?,53-,54+,55+/m1/s1. The summed E-state index contributed by atoms with van der Waals surface area (Å²) in [6, 6.07) is 35.3. The van der Waals surface area contributed by atoms with Crippen molar-refractivity contribution < 1.29 is 43.0 Å². The lowest BCUT2D eigenvalue weighted by Crippen LogP contribution is -2.62. The molecule has 4 heterocycles. The molecule has 5 aromatic carbocycles. The van der Waals surface area contributed by atoms with Gasteiger partial charge in [0.05, 0.1) is 6.54 Å². The summed E-state index contributed by atoms with van der Waals surface area (Å²) in [6.45, 7) is 1.77. The molecular weight excluding hydrogens is 1030 g/mol. The van der Waals surface area contributed by atoms with Crippen molar-refractivity contribution in [2.24, 2.45) is 11.7 Å². The molecule has 7 atom stereocenters. The van der Waals surface area contributed by atoms with Gasteiger partial charge in [0, 0.05) is 55.9 Å². The fourth-order valence-corrected chi connectivity index (χ4v) is 10.9. The summed E-state index contributed by atoms with van der Waals surface area (Å²) in [5.41, 5.74) is 10.4. The molecular formula is C62H72N10O9. The zero-order valence-electron chi connectivity index (χ0n) is 45.3. The van der Waals surface area contributed by atoms with E-state index in [0.29, 0.717) is 43.0 Å². The van der Waals surface area contributed by atoms with Crippen LogP contribution in [0, 0.1) is 5.92 Å². The van der Waals surface area contributed by atoms with E-state index in [1.54, 1.807) is 42.6 Å². The van der Waals surface area contributed by atoms with Crippen LogP contribution in [0.3, 0.4) is 0 Å². The molecule has 7 amide bonds. The number of nitrogens with one attached hydrogen (secondary N) is 8. The van der Waals surface area contributed by atoms with Crippen molar-refractivity contribution >= 4 is 52.4 Å². The zero-order chi connectivity index (χ0) is 56.5. The van der Waals surface area contributed by atoms with E-state index in [4.69, 9.17) is 15.2 Å². The maximum atomic E-state index is 15.4. The number of alkyl carbamates (subject to hydrolysis) is 1. The van der Waals surface area contributed by atoms with E-state index in [1.165, 1.54) is 4.90 Å². The summed E-state index contributed by atoms with van der Waals surface area (Å²) < 4.78 is 11.9. The monoisotopic (exact) mass is 1100 g/mol. The molecule has 0 spiro atoms. The van der Waals surface area contributed by atoms with Crippen molar-refractivity contribution in [2.45, 2.75) is 107 Å². The van der Waals surface area contributed by atoms with Gasteiger partial charge < -0.3 is 62.3 Å². The zero-order valence-corrected chi connectivity index (χ0v) is 45.3. The molecule has 1 aromatic heterocycles. The molecule has 19 heteroatoms. The van der Waals surface area contributed by atoms with Gasteiger partial charge in [-0.25, -0.2) is 4.79 Å². The van der Waals surface area contributed by atoms with E-state index in [9.17, 15) is 4.79 Å². The number of H-pyrrole nitrogens is 1. The topological polar surface area (TPSA) is 267 Å². The number of nitrogens with zero attached hydrogens (tertiary/aromatic N) is 1. The first kappa shape index (κ1) is 57.1. The molecule has 81 heavy (non-hydrogen) atoms. The maximum Gasteiger partial charge on any atom is 0.407 e. The molecule has 19 nitrogen and oxygen atoms in total. The molecule has 3 aliphatic heterocycles. The van der Waals surface area contributed by atoms with Gasteiger partial charge in [-0.3, -0.25) is 28.8 Å². The third-order valence-corrected chi connectivity index (χ3v) is 15.3. The summed E-state index contributed by atoms with van der Waals surface area (Å²) in [5.74, 6) is -3.42. The first-order valence-corrected chi connectivity index (χ1v) is 28.0.